The van der Waals surface area contributed by atoms with Gasteiger partial charge in [0.15, 0.2) is 0 Å². The van der Waals surface area contributed by atoms with E-state index in [1.54, 1.807) is 30.3 Å². The summed E-state index contributed by atoms with van der Waals surface area (Å²) in [6.45, 7) is 2.28. The Morgan fingerprint density at radius 3 is 2.86 bits per heavy atom. The third-order valence-electron chi connectivity index (χ3n) is 2.74. The van der Waals surface area contributed by atoms with Gasteiger partial charge in [0.2, 0.25) is 5.88 Å². The molecule has 6 heteroatoms. The van der Waals surface area contributed by atoms with Crippen LogP contribution in [-0.4, -0.2) is 18.0 Å². The minimum Gasteiger partial charge on any atom is -0.439 e. The van der Waals surface area contributed by atoms with E-state index in [1.807, 2.05) is 13.0 Å². The Hall–Kier alpha value is -2.44. The van der Waals surface area contributed by atoms with Crippen LogP contribution in [0.2, 0.25) is 0 Å². The lowest BCUT2D eigenvalue weighted by molar-refractivity contribution is 0.0537. The number of ether oxygens (including phenoxy) is 1. The minimum absolute atomic E-state index is 0.345. The molecule has 6 nitrogen and oxygen atoms in total. The van der Waals surface area contributed by atoms with Gasteiger partial charge in [-0.3, -0.25) is 9.63 Å². The van der Waals surface area contributed by atoms with E-state index in [0.717, 1.165) is 11.3 Å². The number of hydrogen-bond acceptors (Lipinski definition) is 5. The van der Waals surface area contributed by atoms with Gasteiger partial charge in [0.25, 0.3) is 5.91 Å². The van der Waals surface area contributed by atoms with Crippen LogP contribution in [0.3, 0.4) is 0 Å². The predicted octanol–water partition coefficient (Wildman–Crippen LogP) is 1.93. The zero-order valence-electron chi connectivity index (χ0n) is 11.9. The van der Waals surface area contributed by atoms with Crippen molar-refractivity contribution in [2.75, 3.05) is 7.11 Å². The zero-order valence-corrected chi connectivity index (χ0v) is 11.9. The zero-order chi connectivity index (χ0) is 15.2. The second kappa shape index (κ2) is 6.83. The topological polar surface area (TPSA) is 86.5 Å². The molecule has 21 heavy (non-hydrogen) atoms. The summed E-state index contributed by atoms with van der Waals surface area (Å²) in [5, 5.41) is 0. The standard InChI is InChI=1S/C15H17N3O3/c1-10-6-11(9-16)7-14(17-10)21-13-5-3-4-12(8-13)15(19)18-20-2/h3-8H,9,16H2,1-2H3,(H,18,19). The number of carbonyl (C=O) groups is 1. The fraction of sp³-hybridized carbons (Fsp3) is 0.200. The van der Waals surface area contributed by atoms with Crippen molar-refractivity contribution in [3.8, 4) is 11.6 Å². The largest absolute Gasteiger partial charge is 0.439 e. The molecule has 0 bridgehead atoms. The maximum absolute atomic E-state index is 11.7. The minimum atomic E-state index is -0.345. The monoisotopic (exact) mass is 287 g/mol. The van der Waals surface area contributed by atoms with Gasteiger partial charge >= 0.3 is 0 Å². The first-order valence-corrected chi connectivity index (χ1v) is 6.41. The lowest BCUT2D eigenvalue weighted by atomic mass is 10.2. The highest BCUT2D eigenvalue weighted by Crippen LogP contribution is 2.22. The van der Waals surface area contributed by atoms with Crippen molar-refractivity contribution in [3.05, 3.63) is 53.2 Å². The first kappa shape index (κ1) is 15.0. The first-order chi connectivity index (χ1) is 10.1. The molecule has 2 rings (SSSR count). The van der Waals surface area contributed by atoms with E-state index in [4.69, 9.17) is 10.5 Å². The van der Waals surface area contributed by atoms with Crippen LogP contribution in [0.1, 0.15) is 21.6 Å². The van der Waals surface area contributed by atoms with E-state index in [2.05, 4.69) is 15.3 Å². The third-order valence-corrected chi connectivity index (χ3v) is 2.74. The molecule has 0 fully saturated rings. The van der Waals surface area contributed by atoms with Crippen LogP contribution in [0.5, 0.6) is 11.6 Å². The van der Waals surface area contributed by atoms with Gasteiger partial charge in [0, 0.05) is 23.9 Å². The van der Waals surface area contributed by atoms with Gasteiger partial charge in [-0.25, -0.2) is 10.5 Å². The van der Waals surface area contributed by atoms with Crippen molar-refractivity contribution in [1.29, 1.82) is 0 Å². The molecule has 1 aromatic heterocycles. The van der Waals surface area contributed by atoms with Gasteiger partial charge in [-0.1, -0.05) is 6.07 Å². The lowest BCUT2D eigenvalue weighted by Crippen LogP contribution is -2.21. The average molecular weight is 287 g/mol. The summed E-state index contributed by atoms with van der Waals surface area (Å²) in [5.41, 5.74) is 10.1. The molecule has 0 atom stereocenters. The molecule has 0 unspecified atom stereocenters. The molecule has 1 aromatic carbocycles. The van der Waals surface area contributed by atoms with Crippen LogP contribution >= 0.6 is 0 Å². The number of nitrogens with zero attached hydrogens (tertiary/aromatic N) is 1. The Morgan fingerprint density at radius 2 is 2.14 bits per heavy atom. The van der Waals surface area contributed by atoms with Gasteiger partial charge in [0.1, 0.15) is 5.75 Å². The number of hydrogen-bond donors (Lipinski definition) is 2. The normalized spacial score (nSPS) is 10.2. The number of aromatic nitrogens is 1. The number of benzene rings is 1. The highest BCUT2D eigenvalue weighted by Gasteiger charge is 2.07. The maximum atomic E-state index is 11.7. The molecule has 1 heterocycles. The smallest absolute Gasteiger partial charge is 0.274 e. The summed E-state index contributed by atoms with van der Waals surface area (Å²) >= 11 is 0. The maximum Gasteiger partial charge on any atom is 0.274 e. The summed E-state index contributed by atoms with van der Waals surface area (Å²) in [6, 6.07) is 10.4. The van der Waals surface area contributed by atoms with E-state index in [9.17, 15) is 4.79 Å². The SMILES string of the molecule is CONC(=O)c1cccc(Oc2cc(CN)cc(C)n2)c1. The van der Waals surface area contributed by atoms with E-state index in [-0.39, 0.29) is 5.91 Å². The molecule has 0 radical (unpaired) electrons. The number of rotatable bonds is 5. The van der Waals surface area contributed by atoms with Crippen LogP contribution < -0.4 is 16.0 Å². The van der Waals surface area contributed by atoms with E-state index in [0.29, 0.717) is 23.7 Å². The fourth-order valence-electron chi connectivity index (χ4n) is 1.85. The lowest BCUT2D eigenvalue weighted by Gasteiger charge is -2.09. The Morgan fingerprint density at radius 1 is 1.33 bits per heavy atom. The van der Waals surface area contributed by atoms with Gasteiger partial charge in [-0.15, -0.1) is 0 Å². The molecule has 0 aliphatic carbocycles. The molecule has 0 aliphatic rings. The molecule has 0 saturated carbocycles. The quantitative estimate of drug-likeness (QED) is 0.821. The van der Waals surface area contributed by atoms with Crippen molar-refractivity contribution in [3.63, 3.8) is 0 Å². The number of aryl methyl sites for hydroxylation is 1. The number of amides is 1. The van der Waals surface area contributed by atoms with Crippen molar-refractivity contribution >= 4 is 5.91 Å². The summed E-state index contributed by atoms with van der Waals surface area (Å²) in [7, 11) is 1.38. The van der Waals surface area contributed by atoms with E-state index >= 15 is 0 Å². The summed E-state index contributed by atoms with van der Waals surface area (Å²) in [4.78, 5) is 20.6. The van der Waals surface area contributed by atoms with Crippen LogP contribution in [0.25, 0.3) is 0 Å². The highest BCUT2D eigenvalue weighted by molar-refractivity contribution is 5.93. The van der Waals surface area contributed by atoms with Crippen molar-refractivity contribution in [2.45, 2.75) is 13.5 Å². The number of nitrogens with one attached hydrogen (secondary N) is 1. The Labute approximate surface area is 122 Å². The predicted molar refractivity (Wildman–Crippen MR) is 77.9 cm³/mol. The van der Waals surface area contributed by atoms with Crippen LogP contribution in [0.4, 0.5) is 0 Å². The highest BCUT2D eigenvalue weighted by atomic mass is 16.6. The molecular weight excluding hydrogens is 270 g/mol. The molecule has 0 saturated heterocycles. The van der Waals surface area contributed by atoms with Crippen molar-refractivity contribution in [2.24, 2.45) is 5.73 Å². The average Bonchev–Trinajstić information content (AvgIpc) is 2.47. The van der Waals surface area contributed by atoms with Gasteiger partial charge < -0.3 is 10.5 Å². The van der Waals surface area contributed by atoms with E-state index in [1.165, 1.54) is 7.11 Å². The second-order valence-electron chi connectivity index (χ2n) is 4.42. The number of nitrogens with two attached hydrogens (primary N) is 1. The number of carbonyl (C=O) groups excluding carboxylic acids is 1. The number of hydroxylamine groups is 1. The molecule has 0 spiro atoms. The van der Waals surface area contributed by atoms with Gasteiger partial charge in [-0.05, 0) is 36.8 Å². The summed E-state index contributed by atoms with van der Waals surface area (Å²) in [6.07, 6.45) is 0. The van der Waals surface area contributed by atoms with Crippen LogP contribution in [-0.2, 0) is 11.4 Å². The molecule has 3 N–H and O–H groups in total. The first-order valence-electron chi connectivity index (χ1n) is 6.41. The molecule has 2 aromatic rings. The summed E-state index contributed by atoms with van der Waals surface area (Å²) < 4.78 is 5.68. The second-order valence-corrected chi connectivity index (χ2v) is 4.42. The molecule has 110 valence electrons. The van der Waals surface area contributed by atoms with Crippen molar-refractivity contribution < 1.29 is 14.4 Å². The number of pyridine rings is 1. The molecule has 1 amide bonds. The van der Waals surface area contributed by atoms with E-state index < -0.39 is 0 Å². The van der Waals surface area contributed by atoms with Gasteiger partial charge in [-0.2, -0.15) is 0 Å². The molecule has 0 aliphatic heterocycles. The van der Waals surface area contributed by atoms with Crippen LogP contribution in [0, 0.1) is 6.92 Å². The third kappa shape index (κ3) is 4.01. The van der Waals surface area contributed by atoms with Crippen LogP contribution in [0.15, 0.2) is 36.4 Å². The van der Waals surface area contributed by atoms with Gasteiger partial charge in [0.05, 0.1) is 7.11 Å². The Kier molecular flexibility index (Phi) is 4.86. The summed E-state index contributed by atoms with van der Waals surface area (Å²) in [5.74, 6) is 0.613. The Bertz CT molecular complexity index is 644. The fourth-order valence-corrected chi connectivity index (χ4v) is 1.85. The van der Waals surface area contributed by atoms with Crippen molar-refractivity contribution in [1.82, 2.24) is 10.5 Å². The molecular formula is C15H17N3O3. The Balaban J connectivity index is 2.21.